The van der Waals surface area contributed by atoms with E-state index in [-0.39, 0.29) is 18.4 Å². The van der Waals surface area contributed by atoms with Crippen molar-refractivity contribution in [3.8, 4) is 0 Å². The summed E-state index contributed by atoms with van der Waals surface area (Å²) in [7, 11) is 0. The molecule has 3 N–H and O–H groups in total. The Labute approximate surface area is 117 Å². The van der Waals surface area contributed by atoms with Crippen LogP contribution >= 0.6 is 0 Å². The molecule has 0 aliphatic carbocycles. The zero-order chi connectivity index (χ0) is 14.2. The van der Waals surface area contributed by atoms with Crippen molar-refractivity contribution in [1.29, 1.82) is 0 Å². The molecule has 1 fully saturated rings. The lowest BCUT2D eigenvalue weighted by Crippen LogP contribution is -2.46. The van der Waals surface area contributed by atoms with Gasteiger partial charge in [0.15, 0.2) is 0 Å². The number of hydrogen-bond donors (Lipinski definition) is 3. The summed E-state index contributed by atoms with van der Waals surface area (Å²) in [6, 6.07) is 9.44. The first-order chi connectivity index (χ1) is 9.75. The summed E-state index contributed by atoms with van der Waals surface area (Å²) in [5, 5.41) is 2.79. The van der Waals surface area contributed by atoms with Crippen molar-refractivity contribution in [3.05, 3.63) is 35.9 Å². The summed E-state index contributed by atoms with van der Waals surface area (Å²) < 4.78 is 5.03. The molecule has 6 nitrogen and oxygen atoms in total. The lowest BCUT2D eigenvalue weighted by atomic mass is 9.99. The van der Waals surface area contributed by atoms with Gasteiger partial charge < -0.3 is 10.1 Å². The molecular weight excluding hydrogens is 258 g/mol. The molecule has 1 aromatic carbocycles. The topological polar surface area (TPSA) is 79.5 Å². The summed E-state index contributed by atoms with van der Waals surface area (Å²) in [4.78, 5) is 22.9. The Morgan fingerprint density at radius 1 is 1.35 bits per heavy atom. The Kier molecular flexibility index (Phi) is 5.37. The zero-order valence-corrected chi connectivity index (χ0v) is 11.2. The number of piperidine rings is 1. The molecule has 1 saturated heterocycles. The van der Waals surface area contributed by atoms with Gasteiger partial charge in [0.1, 0.15) is 6.61 Å². The average Bonchev–Trinajstić information content (AvgIpc) is 2.48. The van der Waals surface area contributed by atoms with Crippen LogP contribution in [0.1, 0.15) is 18.4 Å². The van der Waals surface area contributed by atoms with Gasteiger partial charge in [-0.3, -0.25) is 10.2 Å². The Bertz CT molecular complexity index is 450. The van der Waals surface area contributed by atoms with Gasteiger partial charge in [0.05, 0.1) is 5.92 Å². The number of hydrazine groups is 1. The van der Waals surface area contributed by atoms with E-state index in [4.69, 9.17) is 4.74 Å². The van der Waals surface area contributed by atoms with E-state index in [0.29, 0.717) is 6.54 Å². The van der Waals surface area contributed by atoms with Gasteiger partial charge in [-0.25, -0.2) is 10.2 Å². The van der Waals surface area contributed by atoms with Crippen LogP contribution in [0.2, 0.25) is 0 Å². The third-order valence-electron chi connectivity index (χ3n) is 3.15. The third kappa shape index (κ3) is 4.55. The third-order valence-corrected chi connectivity index (χ3v) is 3.15. The first-order valence-corrected chi connectivity index (χ1v) is 6.73. The monoisotopic (exact) mass is 277 g/mol. The van der Waals surface area contributed by atoms with E-state index in [9.17, 15) is 9.59 Å². The van der Waals surface area contributed by atoms with Crippen molar-refractivity contribution < 1.29 is 14.3 Å². The Morgan fingerprint density at radius 3 is 2.90 bits per heavy atom. The minimum absolute atomic E-state index is 0.0307. The molecule has 1 heterocycles. The number of carbonyl (C=O) groups excluding carboxylic acids is 2. The Morgan fingerprint density at radius 2 is 2.15 bits per heavy atom. The van der Waals surface area contributed by atoms with Gasteiger partial charge in [-0.05, 0) is 18.4 Å². The van der Waals surface area contributed by atoms with Crippen LogP contribution in [0.3, 0.4) is 0 Å². The van der Waals surface area contributed by atoms with Crippen molar-refractivity contribution in [3.63, 3.8) is 0 Å². The fourth-order valence-electron chi connectivity index (χ4n) is 2.04. The predicted octanol–water partition coefficient (Wildman–Crippen LogP) is 0.944. The quantitative estimate of drug-likeness (QED) is 0.700. The number of carbonyl (C=O) groups is 2. The average molecular weight is 277 g/mol. The molecule has 0 aromatic heterocycles. The number of ether oxygens (including phenoxy) is 1. The first kappa shape index (κ1) is 14.3. The maximum atomic E-state index is 11.5. The van der Waals surface area contributed by atoms with Crippen LogP contribution in [-0.2, 0) is 16.1 Å². The fraction of sp³-hybridized carbons (Fsp3) is 0.429. The lowest BCUT2D eigenvalue weighted by Gasteiger charge is -2.21. The van der Waals surface area contributed by atoms with E-state index >= 15 is 0 Å². The SMILES string of the molecule is O=C(NNCC1CCCNC1=O)OCc1ccccc1. The van der Waals surface area contributed by atoms with E-state index < -0.39 is 6.09 Å². The number of nitrogens with one attached hydrogen (secondary N) is 3. The second-order valence-corrected chi connectivity index (χ2v) is 4.70. The molecule has 0 bridgehead atoms. The smallest absolute Gasteiger partial charge is 0.421 e. The van der Waals surface area contributed by atoms with E-state index in [0.717, 1.165) is 24.9 Å². The van der Waals surface area contributed by atoms with Crippen LogP contribution in [0.15, 0.2) is 30.3 Å². The molecule has 1 atom stereocenters. The molecule has 108 valence electrons. The van der Waals surface area contributed by atoms with Gasteiger partial charge in [-0.2, -0.15) is 0 Å². The molecule has 2 amide bonds. The second kappa shape index (κ2) is 7.49. The van der Waals surface area contributed by atoms with Crippen LogP contribution in [0.5, 0.6) is 0 Å². The second-order valence-electron chi connectivity index (χ2n) is 4.70. The molecule has 1 unspecified atom stereocenters. The van der Waals surface area contributed by atoms with Gasteiger partial charge in [0.25, 0.3) is 0 Å². The highest BCUT2D eigenvalue weighted by atomic mass is 16.6. The molecule has 1 aliphatic rings. The van der Waals surface area contributed by atoms with Crippen molar-refractivity contribution in [1.82, 2.24) is 16.2 Å². The highest BCUT2D eigenvalue weighted by Crippen LogP contribution is 2.09. The van der Waals surface area contributed by atoms with Crippen LogP contribution in [-0.4, -0.2) is 25.1 Å². The van der Waals surface area contributed by atoms with E-state index in [1.807, 2.05) is 30.3 Å². The van der Waals surface area contributed by atoms with E-state index in [1.165, 1.54) is 0 Å². The van der Waals surface area contributed by atoms with Gasteiger partial charge in [0.2, 0.25) is 5.91 Å². The summed E-state index contributed by atoms with van der Waals surface area (Å²) >= 11 is 0. The largest absolute Gasteiger partial charge is 0.444 e. The van der Waals surface area contributed by atoms with Crippen molar-refractivity contribution >= 4 is 12.0 Å². The Balaban J connectivity index is 1.61. The van der Waals surface area contributed by atoms with Crippen LogP contribution < -0.4 is 16.2 Å². The van der Waals surface area contributed by atoms with Gasteiger partial charge >= 0.3 is 6.09 Å². The fourth-order valence-corrected chi connectivity index (χ4v) is 2.04. The van der Waals surface area contributed by atoms with Crippen molar-refractivity contribution in [2.75, 3.05) is 13.1 Å². The maximum absolute atomic E-state index is 11.5. The molecule has 0 radical (unpaired) electrons. The molecule has 0 spiro atoms. The van der Waals surface area contributed by atoms with Crippen LogP contribution in [0.25, 0.3) is 0 Å². The highest BCUT2D eigenvalue weighted by molar-refractivity contribution is 5.79. The van der Waals surface area contributed by atoms with Gasteiger partial charge in [-0.15, -0.1) is 0 Å². The van der Waals surface area contributed by atoms with Crippen molar-refractivity contribution in [2.24, 2.45) is 5.92 Å². The molecule has 1 aliphatic heterocycles. The number of benzene rings is 1. The minimum atomic E-state index is -0.551. The number of amides is 2. The normalized spacial score (nSPS) is 18.2. The molecule has 6 heteroatoms. The summed E-state index contributed by atoms with van der Waals surface area (Å²) in [6.45, 7) is 1.37. The Hall–Kier alpha value is -2.08. The number of hydrogen-bond acceptors (Lipinski definition) is 4. The van der Waals surface area contributed by atoms with E-state index in [2.05, 4.69) is 16.2 Å². The summed E-state index contributed by atoms with van der Waals surface area (Å²) in [5.74, 6) is -0.0682. The molecule has 20 heavy (non-hydrogen) atoms. The summed E-state index contributed by atoms with van der Waals surface area (Å²) in [5.41, 5.74) is 6.09. The van der Waals surface area contributed by atoms with Gasteiger partial charge in [0, 0.05) is 13.1 Å². The standard InChI is InChI=1S/C14H19N3O3/c18-13-12(7-4-8-15-13)9-16-17-14(19)20-10-11-5-2-1-3-6-11/h1-3,5-6,12,16H,4,7-10H2,(H,15,18)(H,17,19). The van der Waals surface area contributed by atoms with Gasteiger partial charge in [-0.1, -0.05) is 30.3 Å². The predicted molar refractivity (Wildman–Crippen MR) is 73.5 cm³/mol. The summed E-state index contributed by atoms with van der Waals surface area (Å²) in [6.07, 6.45) is 1.25. The van der Waals surface area contributed by atoms with Crippen LogP contribution in [0.4, 0.5) is 4.79 Å². The minimum Gasteiger partial charge on any atom is -0.444 e. The molecule has 2 rings (SSSR count). The zero-order valence-electron chi connectivity index (χ0n) is 11.2. The molecule has 1 aromatic rings. The first-order valence-electron chi connectivity index (χ1n) is 6.73. The molecular formula is C14H19N3O3. The molecule has 0 saturated carbocycles. The van der Waals surface area contributed by atoms with E-state index in [1.54, 1.807) is 0 Å². The maximum Gasteiger partial charge on any atom is 0.421 e. The van der Waals surface area contributed by atoms with Crippen LogP contribution in [0, 0.1) is 5.92 Å². The highest BCUT2D eigenvalue weighted by Gasteiger charge is 2.21. The lowest BCUT2D eigenvalue weighted by molar-refractivity contribution is -0.126. The van der Waals surface area contributed by atoms with Crippen molar-refractivity contribution in [2.45, 2.75) is 19.4 Å². The number of rotatable bonds is 5.